The van der Waals surface area contributed by atoms with Crippen molar-refractivity contribution < 1.29 is 4.57 Å². The number of rotatable bonds is 1. The van der Waals surface area contributed by atoms with Gasteiger partial charge in [-0.1, -0.05) is 26.8 Å². The van der Waals surface area contributed by atoms with Crippen LogP contribution in [0.1, 0.15) is 72.1 Å². The molecule has 0 aromatic rings. The summed E-state index contributed by atoms with van der Waals surface area (Å²) in [6.45, 7) is 11.4. The molecular weight excluding hydrogens is 311 g/mol. The van der Waals surface area contributed by atoms with Gasteiger partial charge in [-0.05, 0) is 110 Å². The van der Waals surface area contributed by atoms with Gasteiger partial charge in [-0.15, -0.1) is 0 Å². The lowest BCUT2D eigenvalue weighted by molar-refractivity contribution is -0.0592. The van der Waals surface area contributed by atoms with E-state index in [4.69, 9.17) is 0 Å². The van der Waals surface area contributed by atoms with Gasteiger partial charge < -0.3 is 4.57 Å². The van der Waals surface area contributed by atoms with Crippen LogP contribution in [0.3, 0.4) is 0 Å². The summed E-state index contributed by atoms with van der Waals surface area (Å²) in [6, 6.07) is 0. The summed E-state index contributed by atoms with van der Waals surface area (Å²) in [5.74, 6) is 4.66. The first kappa shape index (κ1) is 17.4. The standard InChI is InChI=1S/C22H37OP/c1-21(2)12-10-16-15(14-21)6-7-18-17(16)11-13-22(3)19(18)8-9-20(22)24(4,5)23/h9,15-19H,6-8,10-14H2,1-5H3/t15-,16+,17-,18-,19+,22+/m1/s1. The Morgan fingerprint density at radius 2 is 1.67 bits per heavy atom. The van der Waals surface area contributed by atoms with Crippen LogP contribution in [0.15, 0.2) is 11.4 Å². The van der Waals surface area contributed by atoms with Gasteiger partial charge in [0.1, 0.15) is 7.14 Å². The minimum atomic E-state index is -2.10. The molecule has 4 aliphatic rings. The molecule has 0 aromatic carbocycles. The first-order valence-electron chi connectivity index (χ1n) is 10.4. The van der Waals surface area contributed by atoms with E-state index in [1.54, 1.807) is 0 Å². The molecule has 6 atom stereocenters. The second-order valence-electron chi connectivity index (χ2n) is 11.0. The highest BCUT2D eigenvalue weighted by Gasteiger charge is 2.56. The van der Waals surface area contributed by atoms with E-state index in [9.17, 15) is 4.57 Å². The maximum atomic E-state index is 12.9. The van der Waals surface area contributed by atoms with Crippen molar-refractivity contribution in [3.8, 4) is 0 Å². The Bertz CT molecular complexity index is 597. The highest BCUT2D eigenvalue weighted by molar-refractivity contribution is 7.66. The van der Waals surface area contributed by atoms with Gasteiger partial charge in [0, 0.05) is 0 Å². The van der Waals surface area contributed by atoms with Crippen molar-refractivity contribution >= 4 is 7.14 Å². The highest BCUT2D eigenvalue weighted by Crippen LogP contribution is 2.69. The molecule has 4 rings (SSSR count). The minimum absolute atomic E-state index is 0.251. The summed E-state index contributed by atoms with van der Waals surface area (Å²) in [6.07, 6.45) is 13.6. The third kappa shape index (κ3) is 2.60. The van der Waals surface area contributed by atoms with E-state index in [1.807, 2.05) is 13.3 Å². The third-order valence-corrected chi connectivity index (χ3v) is 10.5. The molecule has 1 nitrogen and oxygen atoms in total. The van der Waals surface area contributed by atoms with Gasteiger partial charge in [0.15, 0.2) is 0 Å². The van der Waals surface area contributed by atoms with Gasteiger partial charge in [-0.2, -0.15) is 0 Å². The van der Waals surface area contributed by atoms with Crippen LogP contribution in [0, 0.1) is 40.4 Å². The molecule has 0 aliphatic heterocycles. The third-order valence-electron chi connectivity index (χ3n) is 8.61. The van der Waals surface area contributed by atoms with Gasteiger partial charge >= 0.3 is 0 Å². The van der Waals surface area contributed by atoms with Gasteiger partial charge in [0.2, 0.25) is 0 Å². The van der Waals surface area contributed by atoms with Crippen molar-refractivity contribution in [2.45, 2.75) is 72.1 Å². The van der Waals surface area contributed by atoms with Crippen LogP contribution in [0.5, 0.6) is 0 Å². The quantitative estimate of drug-likeness (QED) is 0.477. The molecule has 0 aromatic heterocycles. The molecule has 136 valence electrons. The lowest BCUT2D eigenvalue weighted by atomic mass is 9.49. The zero-order valence-electron chi connectivity index (χ0n) is 16.5. The largest absolute Gasteiger partial charge is 0.320 e. The SMILES string of the molecule is CC1(C)CC[C@H]2[C@H](CC[C@@H]3[C@@H]2CC[C@]2(C)C(P(C)(C)=O)=CC[C@@H]32)C1. The molecule has 3 fully saturated rings. The van der Waals surface area contributed by atoms with Gasteiger partial charge in [-0.25, -0.2) is 0 Å². The van der Waals surface area contributed by atoms with Crippen LogP contribution in [0.25, 0.3) is 0 Å². The molecule has 0 spiro atoms. The Balaban J connectivity index is 1.57. The minimum Gasteiger partial charge on any atom is -0.320 e. The van der Waals surface area contributed by atoms with Crippen LogP contribution in [-0.2, 0) is 4.57 Å². The topological polar surface area (TPSA) is 17.1 Å². The summed E-state index contributed by atoms with van der Waals surface area (Å²) in [5.41, 5.74) is 0.831. The van der Waals surface area contributed by atoms with Crippen LogP contribution in [0.2, 0.25) is 0 Å². The maximum absolute atomic E-state index is 12.9. The highest BCUT2D eigenvalue weighted by atomic mass is 31.2. The molecule has 0 heterocycles. The summed E-state index contributed by atoms with van der Waals surface area (Å²) >= 11 is 0. The fourth-order valence-electron chi connectivity index (χ4n) is 7.69. The smallest absolute Gasteiger partial charge is 0.106 e. The van der Waals surface area contributed by atoms with E-state index in [0.29, 0.717) is 5.41 Å². The molecule has 0 amide bonds. The monoisotopic (exact) mass is 348 g/mol. The van der Waals surface area contributed by atoms with Crippen LogP contribution in [0.4, 0.5) is 0 Å². The van der Waals surface area contributed by atoms with Gasteiger partial charge in [0.05, 0.1) is 0 Å². The van der Waals surface area contributed by atoms with E-state index in [-0.39, 0.29) is 5.41 Å². The molecule has 0 radical (unpaired) electrons. The Morgan fingerprint density at radius 1 is 0.958 bits per heavy atom. The lowest BCUT2D eigenvalue weighted by Gasteiger charge is -2.57. The Labute approximate surface area is 149 Å². The molecule has 0 bridgehead atoms. The first-order chi connectivity index (χ1) is 11.1. The summed E-state index contributed by atoms with van der Waals surface area (Å²) in [7, 11) is -2.10. The van der Waals surface area contributed by atoms with Crippen LogP contribution in [-0.4, -0.2) is 13.3 Å². The van der Waals surface area contributed by atoms with E-state index >= 15 is 0 Å². The van der Waals surface area contributed by atoms with Gasteiger partial charge in [0.25, 0.3) is 0 Å². The zero-order chi connectivity index (χ0) is 17.3. The Hall–Kier alpha value is -0.0300. The van der Waals surface area contributed by atoms with E-state index < -0.39 is 7.14 Å². The molecule has 4 aliphatic carbocycles. The van der Waals surface area contributed by atoms with Crippen LogP contribution < -0.4 is 0 Å². The second kappa shape index (κ2) is 5.48. The van der Waals surface area contributed by atoms with Crippen molar-refractivity contribution in [3.05, 3.63) is 11.4 Å². The Morgan fingerprint density at radius 3 is 2.38 bits per heavy atom. The normalized spacial score (nSPS) is 47.4. The predicted molar refractivity (Wildman–Crippen MR) is 104 cm³/mol. The molecule has 2 heteroatoms. The lowest BCUT2D eigenvalue weighted by Crippen LogP contribution is -2.48. The summed E-state index contributed by atoms with van der Waals surface area (Å²) < 4.78 is 12.9. The number of hydrogen-bond donors (Lipinski definition) is 0. The molecule has 0 unspecified atom stereocenters. The fourth-order valence-corrected chi connectivity index (χ4v) is 9.74. The summed E-state index contributed by atoms with van der Waals surface area (Å²) in [4.78, 5) is 0. The average molecular weight is 349 g/mol. The van der Waals surface area contributed by atoms with Crippen LogP contribution >= 0.6 is 7.14 Å². The number of fused-ring (bicyclic) bond motifs is 5. The average Bonchev–Trinajstić information content (AvgIpc) is 2.83. The molecular formula is C22H37OP. The van der Waals surface area contributed by atoms with Crippen molar-refractivity contribution in [2.24, 2.45) is 40.4 Å². The number of allylic oxidation sites excluding steroid dienone is 2. The van der Waals surface area contributed by atoms with E-state index in [1.165, 1.54) is 56.7 Å². The zero-order valence-corrected chi connectivity index (χ0v) is 17.4. The number of hydrogen-bond acceptors (Lipinski definition) is 1. The maximum Gasteiger partial charge on any atom is 0.106 e. The second-order valence-corrected chi connectivity index (χ2v) is 14.2. The molecule has 0 N–H and O–H groups in total. The molecule has 3 saturated carbocycles. The summed E-state index contributed by atoms with van der Waals surface area (Å²) in [5, 5.41) is 1.35. The fraction of sp³-hybridized carbons (Fsp3) is 0.909. The Kier molecular flexibility index (Phi) is 3.97. The van der Waals surface area contributed by atoms with E-state index in [2.05, 4.69) is 26.8 Å². The van der Waals surface area contributed by atoms with Crippen molar-refractivity contribution in [3.63, 3.8) is 0 Å². The molecule has 0 saturated heterocycles. The predicted octanol–water partition coefficient (Wildman–Crippen LogP) is 6.78. The van der Waals surface area contributed by atoms with Crippen molar-refractivity contribution in [1.82, 2.24) is 0 Å². The van der Waals surface area contributed by atoms with Crippen molar-refractivity contribution in [1.29, 1.82) is 0 Å². The molecule has 24 heavy (non-hydrogen) atoms. The van der Waals surface area contributed by atoms with Crippen molar-refractivity contribution in [2.75, 3.05) is 13.3 Å². The van der Waals surface area contributed by atoms with E-state index in [0.717, 1.165) is 29.6 Å². The first-order valence-corrected chi connectivity index (χ1v) is 13.0. The van der Waals surface area contributed by atoms with Gasteiger partial charge in [-0.3, -0.25) is 0 Å².